The molecule has 11 nitrogen and oxygen atoms in total. The number of aromatic nitrogens is 4. The van der Waals surface area contributed by atoms with E-state index in [9.17, 15) is 15.5 Å². The van der Waals surface area contributed by atoms with E-state index in [1.165, 1.54) is 18.9 Å². The molecule has 3 heterocycles. The Bertz CT molecular complexity index is 1220. The predicted octanol–water partition coefficient (Wildman–Crippen LogP) is 1.65. The highest BCUT2D eigenvalue weighted by Gasteiger charge is 2.36. The molecular formula is C23H27N7O4. The van der Waals surface area contributed by atoms with Crippen LogP contribution in [0.1, 0.15) is 18.1 Å². The molecule has 0 radical (unpaired) electrons. The van der Waals surface area contributed by atoms with Gasteiger partial charge in [0.25, 0.3) is 0 Å². The highest BCUT2D eigenvalue weighted by atomic mass is 16.5. The lowest BCUT2D eigenvalue weighted by Gasteiger charge is -2.21. The first-order valence-corrected chi connectivity index (χ1v) is 10.7. The monoisotopic (exact) mass is 465 g/mol. The summed E-state index contributed by atoms with van der Waals surface area (Å²) in [5, 5.41) is 40.2. The lowest BCUT2D eigenvalue weighted by molar-refractivity contribution is 0.0498. The maximum absolute atomic E-state index is 10.0. The second kappa shape index (κ2) is 9.64. The van der Waals surface area contributed by atoms with Gasteiger partial charge in [0, 0.05) is 30.8 Å². The van der Waals surface area contributed by atoms with Gasteiger partial charge in [-0.1, -0.05) is 6.92 Å². The van der Waals surface area contributed by atoms with Gasteiger partial charge in [0.1, 0.15) is 11.8 Å². The number of anilines is 3. The molecule has 4 rings (SSSR count). The van der Waals surface area contributed by atoms with E-state index in [2.05, 4.69) is 31.8 Å². The molecule has 11 heteroatoms. The Morgan fingerprint density at radius 3 is 2.91 bits per heavy atom. The number of benzene rings is 1. The average Bonchev–Trinajstić information content (AvgIpc) is 3.39. The molecule has 178 valence electrons. The molecule has 1 aliphatic rings. The zero-order valence-corrected chi connectivity index (χ0v) is 19.2. The Hall–Kier alpha value is -3.72. The van der Waals surface area contributed by atoms with E-state index >= 15 is 0 Å². The van der Waals surface area contributed by atoms with Gasteiger partial charge in [0.2, 0.25) is 11.8 Å². The molecular weight excluding hydrogens is 438 g/mol. The Morgan fingerprint density at radius 2 is 2.21 bits per heavy atom. The SMILES string of the molecule is COC[C@H](O)Cn1ncc(Nc2nccc(-c3cc(C#N)c4c(c3)[C@@](C)(CO)CN4)n2)c1OC. The van der Waals surface area contributed by atoms with Gasteiger partial charge < -0.3 is 30.3 Å². The normalized spacial score (nSPS) is 17.5. The van der Waals surface area contributed by atoms with Crippen LogP contribution in [0.15, 0.2) is 30.6 Å². The number of fused-ring (bicyclic) bond motifs is 1. The summed E-state index contributed by atoms with van der Waals surface area (Å²) in [5.74, 6) is 0.730. The quantitative estimate of drug-likeness (QED) is 0.367. The van der Waals surface area contributed by atoms with Crippen LogP contribution in [0, 0.1) is 11.3 Å². The van der Waals surface area contributed by atoms with Gasteiger partial charge in [-0.05, 0) is 23.8 Å². The maximum Gasteiger partial charge on any atom is 0.236 e. The molecule has 3 aromatic rings. The summed E-state index contributed by atoms with van der Waals surface area (Å²) in [6.45, 7) is 2.84. The van der Waals surface area contributed by atoms with Crippen molar-refractivity contribution in [3.63, 3.8) is 0 Å². The van der Waals surface area contributed by atoms with Crippen molar-refractivity contribution in [1.29, 1.82) is 5.26 Å². The van der Waals surface area contributed by atoms with Crippen molar-refractivity contribution in [2.75, 3.05) is 44.6 Å². The van der Waals surface area contributed by atoms with Crippen molar-refractivity contribution in [2.24, 2.45) is 0 Å². The van der Waals surface area contributed by atoms with Crippen molar-refractivity contribution < 1.29 is 19.7 Å². The van der Waals surface area contributed by atoms with Crippen molar-refractivity contribution in [3.8, 4) is 23.2 Å². The molecule has 34 heavy (non-hydrogen) atoms. The van der Waals surface area contributed by atoms with E-state index in [4.69, 9.17) is 9.47 Å². The van der Waals surface area contributed by atoms with Gasteiger partial charge in [-0.3, -0.25) is 0 Å². The smallest absolute Gasteiger partial charge is 0.236 e. The highest BCUT2D eigenvalue weighted by molar-refractivity contribution is 5.76. The lowest BCUT2D eigenvalue weighted by atomic mass is 9.83. The number of aliphatic hydroxyl groups is 2. The predicted molar refractivity (Wildman–Crippen MR) is 125 cm³/mol. The van der Waals surface area contributed by atoms with Crippen LogP contribution in [0.3, 0.4) is 0 Å². The number of nitrogens with one attached hydrogen (secondary N) is 2. The third-order valence-electron chi connectivity index (χ3n) is 5.84. The second-order valence-corrected chi connectivity index (χ2v) is 8.38. The maximum atomic E-state index is 10.0. The van der Waals surface area contributed by atoms with Crippen molar-refractivity contribution in [3.05, 3.63) is 41.7 Å². The standard InChI is InChI=1S/C23H27N7O4/c1-23(13-31)12-26-20-15(8-24)6-14(7-17(20)23)18-4-5-25-22(28-18)29-19-9-27-30(21(19)34-3)10-16(32)11-33-2/h4-7,9,16,26,31-32H,10-13H2,1-3H3,(H,25,28,29)/t16-,23-/m1/s1. The van der Waals surface area contributed by atoms with Crippen LogP contribution in [0.2, 0.25) is 0 Å². The summed E-state index contributed by atoms with van der Waals surface area (Å²) >= 11 is 0. The molecule has 0 aliphatic carbocycles. The highest BCUT2D eigenvalue weighted by Crippen LogP contribution is 2.41. The molecule has 0 saturated carbocycles. The van der Waals surface area contributed by atoms with E-state index < -0.39 is 11.5 Å². The molecule has 0 fully saturated rings. The number of methoxy groups -OCH3 is 2. The van der Waals surface area contributed by atoms with Crippen LogP contribution in [0.4, 0.5) is 17.3 Å². The molecule has 2 atom stereocenters. The minimum atomic E-state index is -0.737. The zero-order valence-electron chi connectivity index (χ0n) is 19.2. The number of hydrogen-bond acceptors (Lipinski definition) is 10. The number of hydrogen-bond donors (Lipinski definition) is 4. The topological polar surface area (TPSA) is 150 Å². The number of nitrogens with zero attached hydrogens (tertiary/aromatic N) is 5. The lowest BCUT2D eigenvalue weighted by Crippen LogP contribution is -2.28. The molecule has 0 unspecified atom stereocenters. The molecule has 1 aromatic carbocycles. The fourth-order valence-corrected chi connectivity index (χ4v) is 4.01. The van der Waals surface area contributed by atoms with Crippen molar-refractivity contribution in [2.45, 2.75) is 25.0 Å². The van der Waals surface area contributed by atoms with Gasteiger partial charge in [0.15, 0.2) is 0 Å². The van der Waals surface area contributed by atoms with Gasteiger partial charge in [0.05, 0.1) is 56.1 Å². The molecule has 0 bridgehead atoms. The van der Waals surface area contributed by atoms with E-state index in [1.54, 1.807) is 24.5 Å². The largest absolute Gasteiger partial charge is 0.480 e. The van der Waals surface area contributed by atoms with E-state index in [1.807, 2.05) is 13.0 Å². The third-order valence-corrected chi connectivity index (χ3v) is 5.84. The number of rotatable bonds is 9. The summed E-state index contributed by atoms with van der Waals surface area (Å²) in [6.07, 6.45) is 2.45. The van der Waals surface area contributed by atoms with Crippen LogP contribution < -0.4 is 15.4 Å². The second-order valence-electron chi connectivity index (χ2n) is 8.38. The first kappa shape index (κ1) is 23.4. The Morgan fingerprint density at radius 1 is 1.38 bits per heavy atom. The van der Waals surface area contributed by atoms with Crippen LogP contribution in [-0.4, -0.2) is 70.0 Å². The van der Waals surface area contributed by atoms with Crippen LogP contribution in [0.5, 0.6) is 5.88 Å². The number of nitriles is 1. The fourth-order valence-electron chi connectivity index (χ4n) is 4.01. The Balaban J connectivity index is 1.64. The van der Waals surface area contributed by atoms with Gasteiger partial charge in [-0.15, -0.1) is 0 Å². The summed E-state index contributed by atoms with van der Waals surface area (Å²) in [6, 6.07) is 7.72. The van der Waals surface area contributed by atoms with E-state index in [-0.39, 0.29) is 19.8 Å². The molecule has 0 amide bonds. The van der Waals surface area contributed by atoms with E-state index in [0.717, 1.165) is 16.8 Å². The molecule has 2 aromatic heterocycles. The Labute approximate surface area is 197 Å². The average molecular weight is 466 g/mol. The summed E-state index contributed by atoms with van der Waals surface area (Å²) < 4.78 is 12.0. The van der Waals surface area contributed by atoms with Crippen LogP contribution >= 0.6 is 0 Å². The van der Waals surface area contributed by atoms with E-state index in [0.29, 0.717) is 35.3 Å². The number of ether oxygens (including phenoxy) is 2. The third kappa shape index (κ3) is 4.38. The summed E-state index contributed by atoms with van der Waals surface area (Å²) in [4.78, 5) is 8.90. The van der Waals surface area contributed by atoms with Crippen LogP contribution in [-0.2, 0) is 16.7 Å². The van der Waals surface area contributed by atoms with Crippen molar-refractivity contribution >= 4 is 17.3 Å². The zero-order chi connectivity index (χ0) is 24.3. The Kier molecular flexibility index (Phi) is 6.65. The van der Waals surface area contributed by atoms with Gasteiger partial charge in [-0.25, -0.2) is 14.6 Å². The number of aliphatic hydroxyl groups excluding tert-OH is 2. The molecule has 4 N–H and O–H groups in total. The van der Waals surface area contributed by atoms with Crippen molar-refractivity contribution in [1.82, 2.24) is 19.7 Å². The summed E-state index contributed by atoms with van der Waals surface area (Å²) in [5.41, 5.74) is 3.54. The first-order chi connectivity index (χ1) is 16.4. The minimum absolute atomic E-state index is 0.0409. The fraction of sp³-hybridized carbons (Fsp3) is 0.391. The summed E-state index contributed by atoms with van der Waals surface area (Å²) in [7, 11) is 3.03. The minimum Gasteiger partial charge on any atom is -0.480 e. The van der Waals surface area contributed by atoms with Crippen LogP contribution in [0.25, 0.3) is 11.3 Å². The van der Waals surface area contributed by atoms with Gasteiger partial charge >= 0.3 is 0 Å². The molecule has 1 aliphatic heterocycles. The first-order valence-electron chi connectivity index (χ1n) is 10.7. The van der Waals surface area contributed by atoms with Gasteiger partial charge in [-0.2, -0.15) is 10.4 Å². The molecule has 0 spiro atoms. The molecule has 0 saturated heterocycles.